The lowest BCUT2D eigenvalue weighted by atomic mass is 9.96. The van der Waals surface area contributed by atoms with E-state index in [1.807, 2.05) is 24.3 Å². The van der Waals surface area contributed by atoms with Gasteiger partial charge in [0.15, 0.2) is 0 Å². The molecule has 1 aromatic rings. The Morgan fingerprint density at radius 1 is 1.37 bits per heavy atom. The highest BCUT2D eigenvalue weighted by Crippen LogP contribution is 2.17. The van der Waals surface area contributed by atoms with Crippen molar-refractivity contribution in [2.45, 2.75) is 12.8 Å². The number of anilines is 1. The number of ether oxygens (including phenoxy) is 1. The van der Waals surface area contributed by atoms with E-state index in [1.165, 1.54) is 0 Å². The third kappa shape index (κ3) is 4.13. The van der Waals surface area contributed by atoms with Crippen LogP contribution in [-0.4, -0.2) is 37.0 Å². The average molecular weight is 263 g/mol. The van der Waals surface area contributed by atoms with Crippen LogP contribution < -0.4 is 16.2 Å². The first-order valence-electron chi connectivity index (χ1n) is 6.65. The van der Waals surface area contributed by atoms with Gasteiger partial charge < -0.3 is 16.2 Å². The van der Waals surface area contributed by atoms with Gasteiger partial charge in [0, 0.05) is 24.2 Å². The first-order chi connectivity index (χ1) is 9.15. The van der Waals surface area contributed by atoms with Crippen LogP contribution in [0.5, 0.6) is 5.75 Å². The highest BCUT2D eigenvalue weighted by atomic mass is 16.5. The fraction of sp³-hybridized carbons (Fsp3) is 0.500. The predicted molar refractivity (Wildman–Crippen MR) is 74.7 cm³/mol. The maximum absolute atomic E-state index is 11.1. The number of piperidine rings is 1. The third-order valence-electron chi connectivity index (χ3n) is 3.52. The first-order valence-corrected chi connectivity index (χ1v) is 6.65. The van der Waals surface area contributed by atoms with Gasteiger partial charge in [-0.05, 0) is 38.1 Å². The molecule has 1 fully saturated rings. The van der Waals surface area contributed by atoms with Gasteiger partial charge in [-0.1, -0.05) is 6.07 Å². The highest BCUT2D eigenvalue weighted by molar-refractivity contribution is 5.76. The number of nitrogen functional groups attached to an aromatic ring is 1. The van der Waals surface area contributed by atoms with Crippen molar-refractivity contribution >= 4 is 11.6 Å². The number of nitrogens with zero attached hydrogens (tertiary/aromatic N) is 1. The molecule has 0 atom stereocenters. The molecule has 1 saturated heterocycles. The second-order valence-corrected chi connectivity index (χ2v) is 4.94. The van der Waals surface area contributed by atoms with Crippen molar-refractivity contribution in [3.8, 4) is 5.75 Å². The zero-order chi connectivity index (χ0) is 13.7. The molecule has 1 heterocycles. The minimum atomic E-state index is -0.171. The number of carbonyl (C=O) groups excluding carboxylic acids is 1. The Morgan fingerprint density at radius 3 is 2.74 bits per heavy atom. The van der Waals surface area contributed by atoms with E-state index in [0.717, 1.165) is 38.2 Å². The standard InChI is InChI=1S/C14H21N3O2/c15-12-2-1-3-13(10-12)19-9-8-17-6-4-11(5-7-17)14(16)18/h1-3,10-11H,4-9,15H2,(H2,16,18). The lowest BCUT2D eigenvalue weighted by Crippen LogP contribution is -2.40. The van der Waals surface area contributed by atoms with E-state index in [1.54, 1.807) is 0 Å². The summed E-state index contributed by atoms with van der Waals surface area (Å²) in [5.74, 6) is 0.675. The molecule has 2 rings (SSSR count). The lowest BCUT2D eigenvalue weighted by molar-refractivity contribution is -0.123. The largest absolute Gasteiger partial charge is 0.492 e. The average Bonchev–Trinajstić information content (AvgIpc) is 2.39. The lowest BCUT2D eigenvalue weighted by Gasteiger charge is -2.30. The monoisotopic (exact) mass is 263 g/mol. The van der Waals surface area contributed by atoms with Crippen molar-refractivity contribution in [2.75, 3.05) is 32.0 Å². The number of amides is 1. The van der Waals surface area contributed by atoms with Crippen molar-refractivity contribution < 1.29 is 9.53 Å². The summed E-state index contributed by atoms with van der Waals surface area (Å²) in [5, 5.41) is 0. The van der Waals surface area contributed by atoms with Crippen LogP contribution in [-0.2, 0) is 4.79 Å². The Labute approximate surface area is 113 Å². The molecule has 0 unspecified atom stereocenters. The molecular formula is C14H21N3O2. The van der Waals surface area contributed by atoms with Gasteiger partial charge in [-0.3, -0.25) is 9.69 Å². The first kappa shape index (κ1) is 13.7. The van der Waals surface area contributed by atoms with Gasteiger partial charge in [0.1, 0.15) is 12.4 Å². The second-order valence-electron chi connectivity index (χ2n) is 4.94. The van der Waals surface area contributed by atoms with Gasteiger partial charge in [0.05, 0.1) is 0 Å². The van der Waals surface area contributed by atoms with E-state index in [0.29, 0.717) is 12.3 Å². The molecule has 1 aliphatic heterocycles. The molecule has 1 aliphatic rings. The Hall–Kier alpha value is -1.75. The van der Waals surface area contributed by atoms with Gasteiger partial charge in [0.25, 0.3) is 0 Å². The summed E-state index contributed by atoms with van der Waals surface area (Å²) in [6.45, 7) is 3.31. The van der Waals surface area contributed by atoms with Crippen molar-refractivity contribution in [3.05, 3.63) is 24.3 Å². The van der Waals surface area contributed by atoms with Crippen LogP contribution in [0.25, 0.3) is 0 Å². The summed E-state index contributed by atoms with van der Waals surface area (Å²) < 4.78 is 5.65. The van der Waals surface area contributed by atoms with Gasteiger partial charge in [-0.2, -0.15) is 0 Å². The molecular weight excluding hydrogens is 242 g/mol. The number of likely N-dealkylation sites (tertiary alicyclic amines) is 1. The summed E-state index contributed by atoms with van der Waals surface area (Å²) in [4.78, 5) is 13.4. The number of benzene rings is 1. The predicted octanol–water partition coefficient (Wildman–Crippen LogP) is 0.845. The molecule has 1 aromatic carbocycles. The Bertz CT molecular complexity index is 428. The van der Waals surface area contributed by atoms with E-state index in [4.69, 9.17) is 16.2 Å². The second kappa shape index (κ2) is 6.43. The van der Waals surface area contributed by atoms with Crippen molar-refractivity contribution in [2.24, 2.45) is 11.7 Å². The van der Waals surface area contributed by atoms with Gasteiger partial charge >= 0.3 is 0 Å². The van der Waals surface area contributed by atoms with E-state index in [-0.39, 0.29) is 11.8 Å². The highest BCUT2D eigenvalue weighted by Gasteiger charge is 2.22. The van der Waals surface area contributed by atoms with Crippen LogP contribution in [0.15, 0.2) is 24.3 Å². The number of primary amides is 1. The summed E-state index contributed by atoms with van der Waals surface area (Å²) >= 11 is 0. The third-order valence-corrected chi connectivity index (χ3v) is 3.52. The molecule has 5 heteroatoms. The van der Waals surface area contributed by atoms with E-state index >= 15 is 0 Å². The molecule has 1 amide bonds. The minimum absolute atomic E-state index is 0.0473. The smallest absolute Gasteiger partial charge is 0.220 e. The fourth-order valence-corrected chi connectivity index (χ4v) is 2.34. The van der Waals surface area contributed by atoms with Crippen LogP contribution >= 0.6 is 0 Å². The SMILES string of the molecule is NC(=O)C1CCN(CCOc2cccc(N)c2)CC1. The maximum Gasteiger partial charge on any atom is 0.220 e. The molecule has 0 saturated carbocycles. The molecule has 5 nitrogen and oxygen atoms in total. The van der Waals surface area contributed by atoms with Crippen LogP contribution in [0.1, 0.15) is 12.8 Å². The molecule has 104 valence electrons. The minimum Gasteiger partial charge on any atom is -0.492 e. The Balaban J connectivity index is 1.68. The van der Waals surface area contributed by atoms with Crippen LogP contribution in [0, 0.1) is 5.92 Å². The maximum atomic E-state index is 11.1. The summed E-state index contributed by atoms with van der Waals surface area (Å²) in [5.41, 5.74) is 11.7. The van der Waals surface area contributed by atoms with E-state index < -0.39 is 0 Å². The quantitative estimate of drug-likeness (QED) is 0.771. The molecule has 4 N–H and O–H groups in total. The van der Waals surface area contributed by atoms with Crippen molar-refractivity contribution in [3.63, 3.8) is 0 Å². The number of hydrogen-bond acceptors (Lipinski definition) is 4. The van der Waals surface area contributed by atoms with Gasteiger partial charge in [-0.25, -0.2) is 0 Å². The van der Waals surface area contributed by atoms with Crippen LogP contribution in [0.4, 0.5) is 5.69 Å². The molecule has 0 bridgehead atoms. The number of hydrogen-bond donors (Lipinski definition) is 2. The van der Waals surface area contributed by atoms with Crippen LogP contribution in [0.3, 0.4) is 0 Å². The molecule has 0 spiro atoms. The van der Waals surface area contributed by atoms with E-state index in [2.05, 4.69) is 4.90 Å². The molecule has 19 heavy (non-hydrogen) atoms. The zero-order valence-electron chi connectivity index (χ0n) is 11.0. The van der Waals surface area contributed by atoms with Gasteiger partial charge in [-0.15, -0.1) is 0 Å². The summed E-state index contributed by atoms with van der Waals surface area (Å²) in [6.07, 6.45) is 1.71. The summed E-state index contributed by atoms with van der Waals surface area (Å²) in [7, 11) is 0. The zero-order valence-corrected chi connectivity index (χ0v) is 11.0. The number of nitrogens with two attached hydrogens (primary N) is 2. The Morgan fingerprint density at radius 2 is 2.11 bits per heavy atom. The van der Waals surface area contributed by atoms with Crippen molar-refractivity contribution in [1.29, 1.82) is 0 Å². The van der Waals surface area contributed by atoms with Crippen molar-refractivity contribution in [1.82, 2.24) is 4.90 Å². The molecule has 0 aliphatic carbocycles. The topological polar surface area (TPSA) is 81.6 Å². The number of carbonyl (C=O) groups is 1. The fourth-order valence-electron chi connectivity index (χ4n) is 2.34. The normalized spacial score (nSPS) is 17.3. The van der Waals surface area contributed by atoms with E-state index in [9.17, 15) is 4.79 Å². The van der Waals surface area contributed by atoms with Crippen LogP contribution in [0.2, 0.25) is 0 Å². The molecule has 0 aromatic heterocycles. The summed E-state index contributed by atoms with van der Waals surface area (Å²) in [6, 6.07) is 7.43. The molecule has 0 radical (unpaired) electrons. The van der Waals surface area contributed by atoms with Gasteiger partial charge in [0.2, 0.25) is 5.91 Å². The Kier molecular flexibility index (Phi) is 4.63. The number of rotatable bonds is 5.